The van der Waals surface area contributed by atoms with E-state index in [2.05, 4.69) is 66.7 Å². The molecule has 3 heteroatoms. The molecule has 0 saturated carbocycles. The number of aromatic nitrogens is 2. The summed E-state index contributed by atoms with van der Waals surface area (Å²) in [5, 5.41) is 13.2. The summed E-state index contributed by atoms with van der Waals surface area (Å²) in [7, 11) is 0. The van der Waals surface area contributed by atoms with Gasteiger partial charge in [0.25, 0.3) is 0 Å². The maximum absolute atomic E-state index is 10.9. The number of nitrogens with zero attached hydrogens (tertiary/aromatic N) is 2. The molecule has 0 aliphatic heterocycles. The first-order chi connectivity index (χ1) is 14.4. The zero-order valence-corrected chi connectivity index (χ0v) is 17.4. The highest BCUT2D eigenvalue weighted by molar-refractivity contribution is 6.11. The maximum Gasteiger partial charge on any atom is 0.137 e. The van der Waals surface area contributed by atoms with Gasteiger partial charge in [-0.05, 0) is 40.8 Å². The second kappa shape index (κ2) is 6.74. The molecule has 0 aliphatic carbocycles. The van der Waals surface area contributed by atoms with Gasteiger partial charge < -0.3 is 5.11 Å². The van der Waals surface area contributed by atoms with Crippen molar-refractivity contribution in [1.82, 2.24) is 9.55 Å². The first-order valence-corrected chi connectivity index (χ1v) is 10.2. The molecule has 0 bridgehead atoms. The van der Waals surface area contributed by atoms with Gasteiger partial charge in [0.15, 0.2) is 0 Å². The van der Waals surface area contributed by atoms with Gasteiger partial charge in [-0.25, -0.2) is 4.98 Å². The zero-order chi connectivity index (χ0) is 20.9. The molecule has 148 valence electrons. The lowest BCUT2D eigenvalue weighted by atomic mass is 9.88. The van der Waals surface area contributed by atoms with Crippen molar-refractivity contribution >= 4 is 21.8 Å². The number of rotatable bonds is 2. The molecule has 0 fully saturated rings. The van der Waals surface area contributed by atoms with E-state index in [1.807, 2.05) is 48.7 Å². The molecule has 2 aromatic heterocycles. The third-order valence-electron chi connectivity index (χ3n) is 5.72. The van der Waals surface area contributed by atoms with E-state index < -0.39 is 0 Å². The second-order valence-corrected chi connectivity index (χ2v) is 8.76. The molecule has 3 nitrogen and oxygen atoms in total. The number of phenols is 1. The number of phenolic OH excluding ortho intramolecular Hbond substituents is 1. The van der Waals surface area contributed by atoms with Gasteiger partial charge >= 0.3 is 0 Å². The van der Waals surface area contributed by atoms with Crippen molar-refractivity contribution in [1.29, 1.82) is 0 Å². The van der Waals surface area contributed by atoms with Crippen LogP contribution in [0.5, 0.6) is 5.75 Å². The van der Waals surface area contributed by atoms with E-state index in [-0.39, 0.29) is 11.2 Å². The van der Waals surface area contributed by atoms with Gasteiger partial charge in [0.1, 0.15) is 11.6 Å². The Morgan fingerprint density at radius 3 is 2.27 bits per heavy atom. The zero-order valence-electron chi connectivity index (χ0n) is 17.4. The van der Waals surface area contributed by atoms with Gasteiger partial charge in [-0.3, -0.25) is 4.57 Å². The number of pyridine rings is 1. The monoisotopic (exact) mass is 392 g/mol. The van der Waals surface area contributed by atoms with Crippen LogP contribution in [0.25, 0.3) is 38.8 Å². The Morgan fingerprint density at radius 1 is 0.767 bits per heavy atom. The Bertz CT molecular complexity index is 1380. The van der Waals surface area contributed by atoms with E-state index in [1.165, 1.54) is 5.56 Å². The summed E-state index contributed by atoms with van der Waals surface area (Å²) in [4.78, 5) is 4.69. The SMILES string of the molecule is CC(C)(C)c1ccnc(-n2c3ccccc3c3cc(-c4ccccc4)c(O)cc32)c1. The third kappa shape index (κ3) is 2.94. The first-order valence-electron chi connectivity index (χ1n) is 10.2. The summed E-state index contributed by atoms with van der Waals surface area (Å²) in [5.74, 6) is 1.13. The molecule has 3 aromatic carbocycles. The molecule has 0 unspecified atom stereocenters. The van der Waals surface area contributed by atoms with Crippen LogP contribution in [0.1, 0.15) is 26.3 Å². The highest BCUT2D eigenvalue weighted by atomic mass is 16.3. The van der Waals surface area contributed by atoms with Crippen LogP contribution in [0.15, 0.2) is 85.1 Å². The van der Waals surface area contributed by atoms with Crippen LogP contribution in [-0.4, -0.2) is 14.7 Å². The molecular weight excluding hydrogens is 368 g/mol. The topological polar surface area (TPSA) is 38.0 Å². The standard InChI is InChI=1S/C27H24N2O/c1-27(2,3)19-13-14-28-26(15-19)29-23-12-8-7-11-20(23)22-16-21(25(30)17-24(22)29)18-9-5-4-6-10-18/h4-17,30H,1-3H3. The minimum absolute atomic E-state index is 0.0269. The summed E-state index contributed by atoms with van der Waals surface area (Å²) in [6.07, 6.45) is 1.87. The van der Waals surface area contributed by atoms with Gasteiger partial charge in [-0.2, -0.15) is 0 Å². The fourth-order valence-corrected chi connectivity index (χ4v) is 4.11. The molecule has 0 radical (unpaired) electrons. The number of hydrogen-bond donors (Lipinski definition) is 1. The summed E-state index contributed by atoms with van der Waals surface area (Å²) >= 11 is 0. The Labute approximate surface area is 176 Å². The fraction of sp³-hybridized carbons (Fsp3) is 0.148. The van der Waals surface area contributed by atoms with Crippen molar-refractivity contribution in [3.05, 3.63) is 90.6 Å². The van der Waals surface area contributed by atoms with Crippen molar-refractivity contribution in [3.63, 3.8) is 0 Å². The normalized spacial score (nSPS) is 12.0. The number of benzene rings is 3. The van der Waals surface area contributed by atoms with E-state index in [0.717, 1.165) is 38.8 Å². The predicted octanol–water partition coefficient (Wildman–Crippen LogP) is 6.85. The van der Waals surface area contributed by atoms with Crippen molar-refractivity contribution < 1.29 is 5.11 Å². The van der Waals surface area contributed by atoms with Crippen LogP contribution in [-0.2, 0) is 5.41 Å². The molecule has 0 atom stereocenters. The van der Waals surface area contributed by atoms with E-state index in [0.29, 0.717) is 0 Å². The molecule has 30 heavy (non-hydrogen) atoms. The molecule has 0 aliphatic rings. The Kier molecular flexibility index (Phi) is 4.14. The van der Waals surface area contributed by atoms with Crippen molar-refractivity contribution in [2.24, 2.45) is 0 Å². The van der Waals surface area contributed by atoms with E-state index >= 15 is 0 Å². The van der Waals surface area contributed by atoms with Crippen molar-refractivity contribution in [3.8, 4) is 22.7 Å². The van der Waals surface area contributed by atoms with Gasteiger partial charge in [-0.1, -0.05) is 69.3 Å². The number of hydrogen-bond acceptors (Lipinski definition) is 2. The lowest BCUT2D eigenvalue weighted by Crippen LogP contribution is -2.12. The predicted molar refractivity (Wildman–Crippen MR) is 124 cm³/mol. The molecule has 0 amide bonds. The maximum atomic E-state index is 10.9. The lowest BCUT2D eigenvalue weighted by Gasteiger charge is -2.20. The van der Waals surface area contributed by atoms with Crippen LogP contribution in [0.2, 0.25) is 0 Å². The minimum atomic E-state index is 0.0269. The third-order valence-corrected chi connectivity index (χ3v) is 5.72. The molecule has 5 aromatic rings. The summed E-state index contributed by atoms with van der Waals surface area (Å²) in [6, 6.07) is 26.5. The van der Waals surface area contributed by atoms with Gasteiger partial charge in [-0.15, -0.1) is 0 Å². The fourth-order valence-electron chi connectivity index (χ4n) is 4.11. The number of fused-ring (bicyclic) bond motifs is 3. The van der Waals surface area contributed by atoms with Crippen molar-refractivity contribution in [2.75, 3.05) is 0 Å². The molecule has 0 saturated heterocycles. The van der Waals surface area contributed by atoms with Crippen molar-refractivity contribution in [2.45, 2.75) is 26.2 Å². The van der Waals surface area contributed by atoms with E-state index in [4.69, 9.17) is 0 Å². The summed E-state index contributed by atoms with van der Waals surface area (Å²) < 4.78 is 2.15. The molecule has 1 N–H and O–H groups in total. The van der Waals surface area contributed by atoms with Gasteiger partial charge in [0.2, 0.25) is 0 Å². The van der Waals surface area contributed by atoms with Crippen LogP contribution in [0.3, 0.4) is 0 Å². The Morgan fingerprint density at radius 2 is 1.50 bits per heavy atom. The largest absolute Gasteiger partial charge is 0.507 e. The summed E-state index contributed by atoms with van der Waals surface area (Å²) in [5.41, 5.74) is 5.12. The highest BCUT2D eigenvalue weighted by Crippen LogP contribution is 2.39. The average Bonchev–Trinajstić information content (AvgIpc) is 3.06. The molecular formula is C27H24N2O. The number of aromatic hydroxyl groups is 1. The first kappa shape index (κ1) is 18.4. The Balaban J connectivity index is 1.84. The number of para-hydroxylation sites is 1. The van der Waals surface area contributed by atoms with Crippen LogP contribution >= 0.6 is 0 Å². The average molecular weight is 393 g/mol. The van der Waals surface area contributed by atoms with Crippen LogP contribution < -0.4 is 0 Å². The molecule has 0 spiro atoms. The quantitative estimate of drug-likeness (QED) is 0.357. The molecule has 5 rings (SSSR count). The van der Waals surface area contributed by atoms with Gasteiger partial charge in [0.05, 0.1) is 11.0 Å². The van der Waals surface area contributed by atoms with Crippen LogP contribution in [0.4, 0.5) is 0 Å². The summed E-state index contributed by atoms with van der Waals surface area (Å²) in [6.45, 7) is 6.61. The second-order valence-electron chi connectivity index (χ2n) is 8.76. The highest BCUT2D eigenvalue weighted by Gasteiger charge is 2.19. The van der Waals surface area contributed by atoms with E-state index in [1.54, 1.807) is 0 Å². The lowest BCUT2D eigenvalue weighted by molar-refractivity contribution is 0.478. The van der Waals surface area contributed by atoms with Crippen LogP contribution in [0, 0.1) is 0 Å². The smallest absolute Gasteiger partial charge is 0.137 e. The molecule has 2 heterocycles. The Hall–Kier alpha value is -3.59. The minimum Gasteiger partial charge on any atom is -0.507 e. The van der Waals surface area contributed by atoms with E-state index in [9.17, 15) is 5.11 Å². The van der Waals surface area contributed by atoms with Gasteiger partial charge in [0, 0.05) is 28.6 Å².